The number of morpholine rings is 1. The number of amides is 3. The van der Waals surface area contributed by atoms with Crippen molar-refractivity contribution in [3.8, 4) is 12.8 Å². The molecule has 3 amide bonds. The third-order valence-corrected chi connectivity index (χ3v) is 15.6. The molecule has 284 valence electrons. The van der Waals surface area contributed by atoms with Crippen LogP contribution in [0.25, 0.3) is 0 Å². The van der Waals surface area contributed by atoms with E-state index in [1.54, 1.807) is 4.90 Å². The highest BCUT2D eigenvalue weighted by Crippen LogP contribution is 2.89. The summed E-state index contributed by atoms with van der Waals surface area (Å²) in [5.41, 5.74) is 1.35. The Labute approximate surface area is 303 Å². The van der Waals surface area contributed by atoms with E-state index in [1.807, 2.05) is 44.8 Å². The van der Waals surface area contributed by atoms with Gasteiger partial charge in [-0.3, -0.25) is 4.79 Å². The van der Waals surface area contributed by atoms with Crippen LogP contribution in [0.5, 0.6) is 0 Å². The topological polar surface area (TPSA) is 91.8 Å². The van der Waals surface area contributed by atoms with E-state index in [1.165, 1.54) is 44.9 Å². The standard InChI is InChI=1S/C38H63N3O5.C2H2.CH4O/c1-23(2)33(42)41-18-19-44-32(22-41)46-31-14-15-38-24(3)37(38)17-16-36(6)27-11-10-25(21-40(9)34(43)39(7)8)45-29(27)20-28(36)26(37)12-13-30(38)35(31,4)5;2*1-2/h23-32H,10-22H2,1-9H3;1-2H;2H,1H3/t24-,25+,26-,27?,28?,29+,30?,31-,32?,36+,37-,38?;;/m0../s1. The molecule has 0 bridgehead atoms. The first-order chi connectivity index (χ1) is 23.7. The summed E-state index contributed by atoms with van der Waals surface area (Å²) in [6.07, 6.45) is 19.6. The van der Waals surface area contributed by atoms with Gasteiger partial charge < -0.3 is 34.0 Å². The molecule has 5 aliphatic carbocycles. The van der Waals surface area contributed by atoms with Crippen molar-refractivity contribution in [1.29, 1.82) is 0 Å². The zero-order valence-corrected chi connectivity index (χ0v) is 33.0. The predicted octanol–water partition coefficient (Wildman–Crippen LogP) is 6.14. The number of aliphatic hydroxyl groups is 1. The van der Waals surface area contributed by atoms with Crippen molar-refractivity contribution in [3.05, 3.63) is 0 Å². The fourth-order valence-electron chi connectivity index (χ4n) is 13.6. The largest absolute Gasteiger partial charge is 0.400 e. The van der Waals surface area contributed by atoms with Gasteiger partial charge in [-0.05, 0) is 109 Å². The Hall–Kier alpha value is -1.86. The Morgan fingerprint density at radius 2 is 1.62 bits per heavy atom. The number of likely N-dealkylation sites (N-methyl/N-ethyl adjacent to an activating group) is 1. The Bertz CT molecular complexity index is 1250. The Kier molecular flexibility index (Phi) is 11.4. The Morgan fingerprint density at radius 3 is 2.28 bits per heavy atom. The summed E-state index contributed by atoms with van der Waals surface area (Å²) < 4.78 is 19.9. The van der Waals surface area contributed by atoms with Crippen LogP contribution in [0, 0.1) is 70.0 Å². The van der Waals surface area contributed by atoms with Gasteiger partial charge in [-0.15, -0.1) is 12.8 Å². The summed E-state index contributed by atoms with van der Waals surface area (Å²) in [4.78, 5) is 30.7. The number of carbonyl (C=O) groups is 2. The van der Waals surface area contributed by atoms with Gasteiger partial charge in [0.2, 0.25) is 5.91 Å². The molecule has 50 heavy (non-hydrogen) atoms. The van der Waals surface area contributed by atoms with Crippen LogP contribution in [0.1, 0.15) is 99.3 Å². The van der Waals surface area contributed by atoms with Crippen molar-refractivity contribution >= 4 is 11.9 Å². The predicted molar refractivity (Wildman–Crippen MR) is 196 cm³/mol. The zero-order valence-electron chi connectivity index (χ0n) is 33.0. The van der Waals surface area contributed by atoms with Crippen molar-refractivity contribution in [2.45, 2.75) is 124 Å². The van der Waals surface area contributed by atoms with E-state index in [0.29, 0.717) is 60.4 Å². The summed E-state index contributed by atoms with van der Waals surface area (Å²) in [6.45, 7) is 16.7. The van der Waals surface area contributed by atoms with Gasteiger partial charge in [-0.1, -0.05) is 41.5 Å². The molecule has 9 heteroatoms. The first kappa shape index (κ1) is 39.3. The van der Waals surface area contributed by atoms with Crippen molar-refractivity contribution < 1.29 is 28.9 Å². The number of terminal acetylenes is 1. The van der Waals surface area contributed by atoms with Gasteiger partial charge in [0.05, 0.1) is 31.5 Å². The molecular weight excluding hydrogens is 630 g/mol. The van der Waals surface area contributed by atoms with Crippen molar-refractivity contribution in [2.24, 2.45) is 57.2 Å². The van der Waals surface area contributed by atoms with E-state index in [2.05, 4.69) is 40.5 Å². The Balaban J connectivity index is 0.00000117. The number of rotatable bonds is 5. The molecule has 2 aliphatic heterocycles. The van der Waals surface area contributed by atoms with Crippen molar-refractivity contribution in [3.63, 3.8) is 0 Å². The van der Waals surface area contributed by atoms with Crippen molar-refractivity contribution in [1.82, 2.24) is 14.7 Å². The molecule has 2 spiro atoms. The summed E-state index contributed by atoms with van der Waals surface area (Å²) in [5.74, 6) is 3.85. The van der Waals surface area contributed by atoms with Gasteiger partial charge in [0.15, 0.2) is 6.29 Å². The van der Waals surface area contributed by atoms with Gasteiger partial charge in [0.1, 0.15) is 0 Å². The first-order valence-electron chi connectivity index (χ1n) is 19.6. The summed E-state index contributed by atoms with van der Waals surface area (Å²) in [6, 6.07) is 0.0574. The number of fused-ring (bicyclic) bond motifs is 4. The molecule has 5 saturated carbocycles. The van der Waals surface area contributed by atoms with Crippen LogP contribution in [-0.4, -0.2) is 111 Å². The second-order valence-electron chi connectivity index (χ2n) is 18.1. The van der Waals surface area contributed by atoms with Gasteiger partial charge in [0.25, 0.3) is 0 Å². The lowest BCUT2D eigenvalue weighted by atomic mass is 9.46. The molecule has 0 aromatic carbocycles. The van der Waals surface area contributed by atoms with E-state index in [-0.39, 0.29) is 41.8 Å². The number of aliphatic hydroxyl groups excluding tert-OH is 1. The molecule has 2 heterocycles. The van der Waals surface area contributed by atoms with Crippen LogP contribution in [0.3, 0.4) is 0 Å². The molecule has 1 N–H and O–H groups in total. The molecule has 2 saturated heterocycles. The van der Waals surface area contributed by atoms with Crippen LogP contribution in [0.2, 0.25) is 0 Å². The molecule has 5 unspecified atom stereocenters. The van der Waals surface area contributed by atoms with E-state index in [4.69, 9.17) is 19.3 Å². The normalized spacial score (nSPS) is 43.6. The number of urea groups is 1. The monoisotopic (exact) mass is 700 g/mol. The highest BCUT2D eigenvalue weighted by molar-refractivity contribution is 5.78. The molecule has 0 aromatic heterocycles. The third kappa shape index (κ3) is 5.91. The maximum Gasteiger partial charge on any atom is 0.319 e. The fourth-order valence-corrected chi connectivity index (χ4v) is 13.6. The molecule has 7 fully saturated rings. The number of carbonyl (C=O) groups excluding carboxylic acids is 2. The van der Waals surface area contributed by atoms with Gasteiger partial charge in [0, 0.05) is 47.3 Å². The van der Waals surface area contributed by atoms with Crippen LogP contribution in [-0.2, 0) is 19.0 Å². The molecule has 0 aromatic rings. The molecule has 7 rings (SSSR count). The molecule has 7 aliphatic rings. The van der Waals surface area contributed by atoms with E-state index >= 15 is 0 Å². The lowest BCUT2D eigenvalue weighted by Gasteiger charge is -2.60. The average Bonchev–Trinajstić information content (AvgIpc) is 3.48. The summed E-state index contributed by atoms with van der Waals surface area (Å²) in [7, 11) is 6.56. The minimum absolute atomic E-state index is 0.00192. The lowest BCUT2D eigenvalue weighted by molar-refractivity contribution is -0.245. The molecule has 9 nitrogen and oxygen atoms in total. The SMILES string of the molecule is C#C.CC(C)C(=O)N1CCOC(O[C@H]2CCC34C(CC[C@H]5C6C[C@H]7O[C@@H](CN(C)C(=O)N(C)C)CCC7[C@@]6(C)CC[C@]53[C@@H]4C)C2(C)C)C1.CO. The smallest absolute Gasteiger partial charge is 0.319 e. The highest BCUT2D eigenvalue weighted by Gasteiger charge is 2.84. The second-order valence-corrected chi connectivity index (χ2v) is 18.1. The molecule has 12 atom stereocenters. The van der Waals surface area contributed by atoms with E-state index < -0.39 is 0 Å². The van der Waals surface area contributed by atoms with Crippen LogP contribution in [0.15, 0.2) is 0 Å². The van der Waals surface area contributed by atoms with Gasteiger partial charge in [-0.2, -0.15) is 0 Å². The third-order valence-electron chi connectivity index (χ3n) is 15.6. The first-order valence-corrected chi connectivity index (χ1v) is 19.6. The van der Waals surface area contributed by atoms with E-state index in [0.717, 1.165) is 37.7 Å². The zero-order chi connectivity index (χ0) is 37.0. The van der Waals surface area contributed by atoms with Crippen LogP contribution >= 0.6 is 0 Å². The van der Waals surface area contributed by atoms with Crippen LogP contribution in [0.4, 0.5) is 4.79 Å². The highest BCUT2D eigenvalue weighted by atomic mass is 16.7. The maximum atomic E-state index is 12.7. The molecular formula is C41H69N3O6. The quantitative estimate of drug-likeness (QED) is 0.347. The van der Waals surface area contributed by atoms with Gasteiger partial charge >= 0.3 is 6.03 Å². The lowest BCUT2D eigenvalue weighted by Crippen LogP contribution is -2.56. The summed E-state index contributed by atoms with van der Waals surface area (Å²) >= 11 is 0. The molecule has 0 radical (unpaired) electrons. The number of ether oxygens (including phenoxy) is 3. The van der Waals surface area contributed by atoms with E-state index in [9.17, 15) is 9.59 Å². The summed E-state index contributed by atoms with van der Waals surface area (Å²) in [5, 5.41) is 7.00. The fraction of sp³-hybridized carbons (Fsp3) is 0.902. The van der Waals surface area contributed by atoms with Crippen molar-refractivity contribution in [2.75, 3.05) is 54.5 Å². The number of nitrogens with zero attached hydrogens (tertiary/aromatic N) is 3. The minimum Gasteiger partial charge on any atom is -0.400 e. The second kappa shape index (κ2) is 14.5. The number of hydrogen-bond acceptors (Lipinski definition) is 6. The number of hydrogen-bond donors (Lipinski definition) is 1. The average molecular weight is 700 g/mol. The van der Waals surface area contributed by atoms with Crippen LogP contribution < -0.4 is 0 Å². The van der Waals surface area contributed by atoms with Gasteiger partial charge in [-0.25, -0.2) is 4.79 Å². The minimum atomic E-state index is -0.321. The Morgan fingerprint density at radius 1 is 0.940 bits per heavy atom. The maximum absolute atomic E-state index is 12.7.